The third-order valence-corrected chi connectivity index (χ3v) is 5.37. The van der Waals surface area contributed by atoms with Crippen LogP contribution in [0.5, 0.6) is 5.75 Å². The average molecular weight is 470 g/mol. The number of amides is 1. The first kappa shape index (κ1) is 27.1. The van der Waals surface area contributed by atoms with Gasteiger partial charge in [0.1, 0.15) is 18.5 Å². The third kappa shape index (κ3) is 9.37. The highest BCUT2D eigenvalue weighted by Crippen LogP contribution is 2.21. The molecule has 7 nitrogen and oxygen atoms in total. The molecule has 0 fully saturated rings. The molecule has 2 atom stereocenters. The Balaban J connectivity index is 1.78. The first-order chi connectivity index (χ1) is 16.1. The number of carbonyl (C=O) groups is 2. The normalized spacial score (nSPS) is 13.6. The molecular weight excluding hydrogens is 434 g/mol. The summed E-state index contributed by atoms with van der Waals surface area (Å²) < 4.78 is 10.9. The van der Waals surface area contributed by atoms with Gasteiger partial charge in [0.15, 0.2) is 0 Å². The van der Waals surface area contributed by atoms with Crippen molar-refractivity contribution in [3.05, 3.63) is 77.4 Å². The molecule has 0 heterocycles. The van der Waals surface area contributed by atoms with Crippen LogP contribution in [0.4, 0.5) is 0 Å². The number of hydrogen-bond donors (Lipinski definition) is 3. The molecule has 0 aromatic heterocycles. The predicted octanol–water partition coefficient (Wildman–Crippen LogP) is 3.44. The zero-order chi connectivity index (χ0) is 25.1. The lowest BCUT2D eigenvalue weighted by Gasteiger charge is -2.30. The van der Waals surface area contributed by atoms with Crippen molar-refractivity contribution in [2.45, 2.75) is 58.3 Å². The molecule has 0 aliphatic carbocycles. The van der Waals surface area contributed by atoms with Crippen molar-refractivity contribution < 1.29 is 29.3 Å². The van der Waals surface area contributed by atoms with E-state index in [9.17, 15) is 19.8 Å². The van der Waals surface area contributed by atoms with Crippen molar-refractivity contribution in [2.24, 2.45) is 0 Å². The molecule has 2 unspecified atom stereocenters. The van der Waals surface area contributed by atoms with Crippen LogP contribution < -0.4 is 10.1 Å². The average Bonchev–Trinajstić information content (AvgIpc) is 2.79. The van der Waals surface area contributed by atoms with Crippen molar-refractivity contribution >= 4 is 11.9 Å². The Kier molecular flexibility index (Phi) is 10.3. The number of rotatable bonds is 12. The van der Waals surface area contributed by atoms with E-state index in [2.05, 4.69) is 5.32 Å². The van der Waals surface area contributed by atoms with Crippen molar-refractivity contribution in [3.63, 3.8) is 0 Å². The summed E-state index contributed by atoms with van der Waals surface area (Å²) in [5.41, 5.74) is 1.11. The van der Waals surface area contributed by atoms with E-state index in [1.54, 1.807) is 25.1 Å². The van der Waals surface area contributed by atoms with Gasteiger partial charge in [-0.1, -0.05) is 30.3 Å². The lowest BCUT2D eigenvalue weighted by Crippen LogP contribution is -2.41. The van der Waals surface area contributed by atoms with Gasteiger partial charge in [-0.2, -0.15) is 0 Å². The number of benzene rings is 2. The predicted molar refractivity (Wildman–Crippen MR) is 131 cm³/mol. The van der Waals surface area contributed by atoms with Crippen LogP contribution in [0.1, 0.15) is 50.0 Å². The summed E-state index contributed by atoms with van der Waals surface area (Å²) in [5.74, 6) is 0.0860. The number of ether oxygens (including phenoxy) is 2. The summed E-state index contributed by atoms with van der Waals surface area (Å²) >= 11 is 0. The van der Waals surface area contributed by atoms with Gasteiger partial charge in [-0.25, -0.2) is 0 Å². The summed E-state index contributed by atoms with van der Waals surface area (Å²) in [6, 6.07) is 16.7. The Hall–Kier alpha value is -3.16. The Bertz CT molecular complexity index is 947. The van der Waals surface area contributed by atoms with Gasteiger partial charge in [-0.15, -0.1) is 0 Å². The van der Waals surface area contributed by atoms with E-state index in [1.807, 2.05) is 42.5 Å². The molecule has 2 rings (SSSR count). The van der Waals surface area contributed by atoms with Crippen molar-refractivity contribution in [2.75, 3.05) is 13.2 Å². The summed E-state index contributed by atoms with van der Waals surface area (Å²) in [4.78, 5) is 23.4. The van der Waals surface area contributed by atoms with E-state index in [0.29, 0.717) is 29.9 Å². The van der Waals surface area contributed by atoms with Gasteiger partial charge in [0, 0.05) is 25.5 Å². The van der Waals surface area contributed by atoms with Crippen molar-refractivity contribution in [3.8, 4) is 5.75 Å². The topological polar surface area (TPSA) is 105 Å². The smallest absolute Gasteiger partial charge is 0.303 e. The van der Waals surface area contributed by atoms with Gasteiger partial charge >= 0.3 is 5.97 Å². The molecule has 7 heteroatoms. The fraction of sp³-hybridized carbons (Fsp3) is 0.407. The molecule has 0 radical (unpaired) electrons. The Morgan fingerprint density at radius 2 is 1.71 bits per heavy atom. The van der Waals surface area contributed by atoms with Crippen LogP contribution in [0, 0.1) is 0 Å². The zero-order valence-corrected chi connectivity index (χ0v) is 20.3. The maximum Gasteiger partial charge on any atom is 0.303 e. The van der Waals surface area contributed by atoms with E-state index < -0.39 is 23.8 Å². The molecule has 2 aromatic rings. The SMILES string of the molecule is CC(=O)OC(CC(O)C(C)=CCOc1ccc(CCNC(=O)c2ccccc2)cc1)C(C)(C)O. The molecule has 0 saturated heterocycles. The van der Waals surface area contributed by atoms with Gasteiger partial charge in [0.05, 0.1) is 11.7 Å². The highest BCUT2D eigenvalue weighted by atomic mass is 16.6. The van der Waals surface area contributed by atoms with E-state index in [-0.39, 0.29) is 18.9 Å². The first-order valence-corrected chi connectivity index (χ1v) is 11.4. The number of carbonyl (C=O) groups excluding carboxylic acids is 2. The molecule has 0 aliphatic rings. The minimum Gasteiger partial charge on any atom is -0.490 e. The van der Waals surface area contributed by atoms with Crippen LogP contribution in [-0.2, 0) is 16.0 Å². The molecule has 1 amide bonds. The molecular formula is C27H35NO6. The Labute approximate surface area is 201 Å². The van der Waals surface area contributed by atoms with Crippen molar-refractivity contribution in [1.82, 2.24) is 5.32 Å². The second kappa shape index (κ2) is 12.9. The maximum atomic E-state index is 12.1. The lowest BCUT2D eigenvalue weighted by molar-refractivity contribution is -0.161. The van der Waals surface area contributed by atoms with Crippen LogP contribution in [0.2, 0.25) is 0 Å². The van der Waals surface area contributed by atoms with Crippen LogP contribution in [0.15, 0.2) is 66.2 Å². The zero-order valence-electron chi connectivity index (χ0n) is 20.3. The van der Waals surface area contributed by atoms with Gasteiger partial charge in [-0.05, 0) is 68.7 Å². The number of aliphatic hydroxyl groups is 2. The van der Waals surface area contributed by atoms with E-state index in [0.717, 1.165) is 5.56 Å². The minimum absolute atomic E-state index is 0.0842. The molecule has 3 N–H and O–H groups in total. The van der Waals surface area contributed by atoms with Crippen LogP contribution >= 0.6 is 0 Å². The lowest BCUT2D eigenvalue weighted by atomic mass is 9.93. The molecule has 34 heavy (non-hydrogen) atoms. The van der Waals surface area contributed by atoms with Crippen LogP contribution in [0.3, 0.4) is 0 Å². The third-order valence-electron chi connectivity index (χ3n) is 5.37. The quantitative estimate of drug-likeness (QED) is 0.325. The van der Waals surface area contributed by atoms with E-state index in [4.69, 9.17) is 9.47 Å². The summed E-state index contributed by atoms with van der Waals surface area (Å²) in [5, 5.41) is 23.5. The van der Waals surface area contributed by atoms with Gasteiger partial charge < -0.3 is 25.0 Å². The van der Waals surface area contributed by atoms with Crippen LogP contribution in [0.25, 0.3) is 0 Å². The monoisotopic (exact) mass is 469 g/mol. The van der Waals surface area contributed by atoms with Gasteiger partial charge in [-0.3, -0.25) is 9.59 Å². The first-order valence-electron chi connectivity index (χ1n) is 11.4. The van der Waals surface area contributed by atoms with Crippen molar-refractivity contribution in [1.29, 1.82) is 0 Å². The molecule has 0 aliphatic heterocycles. The fourth-order valence-corrected chi connectivity index (χ4v) is 3.24. The molecule has 0 bridgehead atoms. The van der Waals surface area contributed by atoms with Gasteiger partial charge in [0.2, 0.25) is 0 Å². The summed E-state index contributed by atoms with van der Waals surface area (Å²) in [7, 11) is 0. The highest BCUT2D eigenvalue weighted by Gasteiger charge is 2.32. The van der Waals surface area contributed by atoms with Gasteiger partial charge in [0.25, 0.3) is 5.91 Å². The maximum absolute atomic E-state index is 12.1. The van der Waals surface area contributed by atoms with E-state index in [1.165, 1.54) is 20.8 Å². The van der Waals surface area contributed by atoms with Crippen LogP contribution in [-0.4, -0.2) is 53.1 Å². The molecule has 184 valence electrons. The molecule has 0 spiro atoms. The summed E-state index contributed by atoms with van der Waals surface area (Å²) in [6.45, 7) is 6.90. The summed E-state index contributed by atoms with van der Waals surface area (Å²) in [6.07, 6.45) is 0.838. The largest absolute Gasteiger partial charge is 0.490 e. The number of aliphatic hydroxyl groups excluding tert-OH is 1. The second-order valence-corrected chi connectivity index (χ2v) is 8.78. The Morgan fingerprint density at radius 1 is 1.06 bits per heavy atom. The highest BCUT2D eigenvalue weighted by molar-refractivity contribution is 5.94. The second-order valence-electron chi connectivity index (χ2n) is 8.78. The fourth-order valence-electron chi connectivity index (χ4n) is 3.24. The molecule has 0 saturated carbocycles. The van der Waals surface area contributed by atoms with E-state index >= 15 is 0 Å². The number of nitrogens with one attached hydrogen (secondary N) is 1. The number of hydrogen-bond acceptors (Lipinski definition) is 6. The minimum atomic E-state index is -1.27. The Morgan fingerprint density at radius 3 is 2.29 bits per heavy atom. The number of esters is 1. The standard InChI is InChI=1S/C27H35NO6/c1-19(24(30)18-25(27(3,4)32)34-20(2)29)15-17-33-23-12-10-21(11-13-23)14-16-28-26(31)22-8-6-5-7-9-22/h5-13,15,24-25,30,32H,14,16-18H2,1-4H3,(H,28,31). The molecule has 2 aromatic carbocycles.